The summed E-state index contributed by atoms with van der Waals surface area (Å²) >= 11 is 0. The Labute approximate surface area is 117 Å². The molecule has 2 rings (SSSR count). The molecule has 1 aromatic carbocycles. The SMILES string of the molecule is COc1cccc(C(O)COc2ccc(CO)nc2)c1. The van der Waals surface area contributed by atoms with Crippen LogP contribution < -0.4 is 9.47 Å². The topological polar surface area (TPSA) is 71.8 Å². The minimum absolute atomic E-state index is 0.104. The van der Waals surface area contributed by atoms with E-state index in [4.69, 9.17) is 14.6 Å². The van der Waals surface area contributed by atoms with Crippen LogP contribution in [-0.4, -0.2) is 28.9 Å². The molecule has 1 heterocycles. The molecular formula is C15H17NO4. The molecule has 0 saturated carbocycles. The van der Waals surface area contributed by atoms with Crippen LogP contribution in [0.1, 0.15) is 17.4 Å². The molecular weight excluding hydrogens is 258 g/mol. The summed E-state index contributed by atoms with van der Waals surface area (Å²) in [4.78, 5) is 4.00. The van der Waals surface area contributed by atoms with E-state index in [1.165, 1.54) is 6.20 Å². The molecule has 0 aliphatic carbocycles. The van der Waals surface area contributed by atoms with E-state index in [0.29, 0.717) is 17.2 Å². The maximum absolute atomic E-state index is 10.1. The van der Waals surface area contributed by atoms with Gasteiger partial charge in [-0.1, -0.05) is 12.1 Å². The third-order valence-corrected chi connectivity index (χ3v) is 2.85. The van der Waals surface area contributed by atoms with E-state index < -0.39 is 6.10 Å². The van der Waals surface area contributed by atoms with Gasteiger partial charge in [-0.3, -0.25) is 4.98 Å². The summed E-state index contributed by atoms with van der Waals surface area (Å²) in [7, 11) is 1.58. The van der Waals surface area contributed by atoms with Crippen molar-refractivity contribution in [1.82, 2.24) is 4.98 Å². The molecule has 106 valence electrons. The summed E-state index contributed by atoms with van der Waals surface area (Å²) < 4.78 is 10.6. The first-order valence-corrected chi connectivity index (χ1v) is 6.23. The Balaban J connectivity index is 1.95. The lowest BCUT2D eigenvalue weighted by molar-refractivity contribution is 0.107. The highest BCUT2D eigenvalue weighted by molar-refractivity contribution is 5.30. The van der Waals surface area contributed by atoms with E-state index in [-0.39, 0.29) is 13.2 Å². The van der Waals surface area contributed by atoms with Gasteiger partial charge in [-0.2, -0.15) is 0 Å². The van der Waals surface area contributed by atoms with Gasteiger partial charge in [-0.25, -0.2) is 0 Å². The summed E-state index contributed by atoms with van der Waals surface area (Å²) in [6, 6.07) is 10.6. The Morgan fingerprint density at radius 3 is 2.70 bits per heavy atom. The number of benzene rings is 1. The van der Waals surface area contributed by atoms with E-state index in [2.05, 4.69) is 4.98 Å². The molecule has 0 bridgehead atoms. The summed E-state index contributed by atoms with van der Waals surface area (Å²) in [5.41, 5.74) is 1.30. The molecule has 0 spiro atoms. The van der Waals surface area contributed by atoms with E-state index >= 15 is 0 Å². The molecule has 2 aromatic rings. The van der Waals surface area contributed by atoms with Crippen molar-refractivity contribution in [3.05, 3.63) is 53.9 Å². The highest BCUT2D eigenvalue weighted by Gasteiger charge is 2.09. The zero-order chi connectivity index (χ0) is 14.4. The van der Waals surface area contributed by atoms with Gasteiger partial charge in [0.05, 0.1) is 25.6 Å². The van der Waals surface area contributed by atoms with Gasteiger partial charge in [0.15, 0.2) is 0 Å². The molecule has 20 heavy (non-hydrogen) atoms. The summed E-state index contributed by atoms with van der Waals surface area (Å²) in [6.45, 7) is 0.0139. The number of hydrogen-bond acceptors (Lipinski definition) is 5. The third-order valence-electron chi connectivity index (χ3n) is 2.85. The largest absolute Gasteiger partial charge is 0.497 e. The number of hydrogen-bond donors (Lipinski definition) is 2. The first-order valence-electron chi connectivity index (χ1n) is 6.23. The zero-order valence-electron chi connectivity index (χ0n) is 11.2. The predicted molar refractivity (Wildman–Crippen MR) is 73.6 cm³/mol. The Morgan fingerprint density at radius 1 is 1.20 bits per heavy atom. The molecule has 0 fully saturated rings. The van der Waals surface area contributed by atoms with Crippen LogP contribution in [0.15, 0.2) is 42.6 Å². The summed E-state index contributed by atoms with van der Waals surface area (Å²) in [5, 5.41) is 19.0. The highest BCUT2D eigenvalue weighted by Crippen LogP contribution is 2.20. The van der Waals surface area contributed by atoms with Gasteiger partial charge in [-0.15, -0.1) is 0 Å². The van der Waals surface area contributed by atoms with Crippen LogP contribution in [0, 0.1) is 0 Å². The Morgan fingerprint density at radius 2 is 2.05 bits per heavy atom. The number of rotatable bonds is 6. The number of nitrogens with zero attached hydrogens (tertiary/aromatic N) is 1. The van der Waals surface area contributed by atoms with Crippen LogP contribution in [0.4, 0.5) is 0 Å². The molecule has 0 saturated heterocycles. The van der Waals surface area contributed by atoms with Gasteiger partial charge in [0.25, 0.3) is 0 Å². The minimum atomic E-state index is -0.748. The molecule has 0 aliphatic rings. The van der Waals surface area contributed by atoms with Crippen molar-refractivity contribution in [3.63, 3.8) is 0 Å². The number of pyridine rings is 1. The molecule has 1 unspecified atom stereocenters. The van der Waals surface area contributed by atoms with Gasteiger partial charge in [0, 0.05) is 0 Å². The van der Waals surface area contributed by atoms with Crippen molar-refractivity contribution in [2.75, 3.05) is 13.7 Å². The average Bonchev–Trinajstić information content (AvgIpc) is 2.53. The molecule has 5 heteroatoms. The highest BCUT2D eigenvalue weighted by atomic mass is 16.5. The smallest absolute Gasteiger partial charge is 0.137 e. The summed E-state index contributed by atoms with van der Waals surface area (Å²) in [5.74, 6) is 1.24. The Hall–Kier alpha value is -2.11. The van der Waals surface area contributed by atoms with Crippen molar-refractivity contribution in [1.29, 1.82) is 0 Å². The third kappa shape index (κ3) is 3.69. The van der Waals surface area contributed by atoms with E-state index in [1.54, 1.807) is 25.3 Å². The average molecular weight is 275 g/mol. The van der Waals surface area contributed by atoms with Crippen molar-refractivity contribution >= 4 is 0 Å². The van der Waals surface area contributed by atoms with Crippen molar-refractivity contribution in [3.8, 4) is 11.5 Å². The van der Waals surface area contributed by atoms with E-state index in [9.17, 15) is 5.11 Å². The molecule has 0 aliphatic heterocycles. The van der Waals surface area contributed by atoms with E-state index in [1.807, 2.05) is 18.2 Å². The van der Waals surface area contributed by atoms with Gasteiger partial charge < -0.3 is 19.7 Å². The summed E-state index contributed by atoms with van der Waals surface area (Å²) in [6.07, 6.45) is 0.770. The first-order chi connectivity index (χ1) is 9.72. The number of aliphatic hydroxyl groups is 2. The van der Waals surface area contributed by atoms with Gasteiger partial charge in [0.2, 0.25) is 0 Å². The molecule has 0 amide bonds. The van der Waals surface area contributed by atoms with Crippen LogP contribution in [-0.2, 0) is 6.61 Å². The van der Waals surface area contributed by atoms with Crippen molar-refractivity contribution in [2.45, 2.75) is 12.7 Å². The minimum Gasteiger partial charge on any atom is -0.497 e. The quantitative estimate of drug-likeness (QED) is 0.839. The maximum atomic E-state index is 10.1. The molecule has 1 atom stereocenters. The number of ether oxygens (including phenoxy) is 2. The fourth-order valence-electron chi connectivity index (χ4n) is 1.71. The van der Waals surface area contributed by atoms with Crippen LogP contribution in [0.3, 0.4) is 0 Å². The monoisotopic (exact) mass is 275 g/mol. The second kappa shape index (κ2) is 6.88. The van der Waals surface area contributed by atoms with Gasteiger partial charge >= 0.3 is 0 Å². The standard InChI is InChI=1S/C15H17NO4/c1-19-13-4-2-3-11(7-13)15(18)10-20-14-6-5-12(9-17)16-8-14/h2-8,15,17-18H,9-10H2,1H3. The zero-order valence-corrected chi connectivity index (χ0v) is 11.2. The normalized spacial score (nSPS) is 11.9. The molecule has 2 N–H and O–H groups in total. The molecule has 0 radical (unpaired) electrons. The maximum Gasteiger partial charge on any atom is 0.137 e. The van der Waals surface area contributed by atoms with Crippen LogP contribution in [0.2, 0.25) is 0 Å². The van der Waals surface area contributed by atoms with Crippen LogP contribution in [0.25, 0.3) is 0 Å². The fraction of sp³-hybridized carbons (Fsp3) is 0.267. The van der Waals surface area contributed by atoms with Gasteiger partial charge in [0.1, 0.15) is 24.2 Å². The fourth-order valence-corrected chi connectivity index (χ4v) is 1.71. The Kier molecular flexibility index (Phi) is 4.92. The number of methoxy groups -OCH3 is 1. The van der Waals surface area contributed by atoms with Crippen molar-refractivity contribution in [2.24, 2.45) is 0 Å². The van der Waals surface area contributed by atoms with Crippen LogP contribution >= 0.6 is 0 Å². The second-order valence-electron chi connectivity index (χ2n) is 4.25. The Bertz CT molecular complexity index is 542. The number of aliphatic hydroxyl groups excluding tert-OH is 2. The number of aromatic nitrogens is 1. The molecule has 1 aromatic heterocycles. The van der Waals surface area contributed by atoms with Crippen LogP contribution in [0.5, 0.6) is 11.5 Å². The first kappa shape index (κ1) is 14.3. The van der Waals surface area contributed by atoms with Crippen molar-refractivity contribution < 1.29 is 19.7 Å². The lowest BCUT2D eigenvalue weighted by Gasteiger charge is -2.13. The molecule has 5 nitrogen and oxygen atoms in total. The van der Waals surface area contributed by atoms with Gasteiger partial charge in [-0.05, 0) is 29.8 Å². The lowest BCUT2D eigenvalue weighted by atomic mass is 10.1. The second-order valence-corrected chi connectivity index (χ2v) is 4.25. The predicted octanol–water partition coefficient (Wildman–Crippen LogP) is 1.69. The van der Waals surface area contributed by atoms with E-state index in [0.717, 1.165) is 5.56 Å². The lowest BCUT2D eigenvalue weighted by Crippen LogP contribution is -2.10.